The number of rotatable bonds is 4. The van der Waals surface area contributed by atoms with Gasteiger partial charge in [0.2, 0.25) is 5.91 Å². The molecule has 1 aliphatic heterocycles. The Bertz CT molecular complexity index is 337. The van der Waals surface area contributed by atoms with Gasteiger partial charge in [0, 0.05) is 6.54 Å². The first-order chi connectivity index (χ1) is 9.15. The molecule has 3 N–H and O–H groups in total. The smallest absolute Gasteiger partial charge is 0.233 e. The maximum atomic E-state index is 12.4. The van der Waals surface area contributed by atoms with Gasteiger partial charge in [-0.2, -0.15) is 0 Å². The van der Waals surface area contributed by atoms with Crippen molar-refractivity contribution in [2.75, 3.05) is 26.4 Å². The quantitative estimate of drug-likeness (QED) is 0.746. The highest BCUT2D eigenvalue weighted by Crippen LogP contribution is 2.36. The minimum Gasteiger partial charge on any atom is -0.392 e. The van der Waals surface area contributed by atoms with Crippen LogP contribution in [0.25, 0.3) is 0 Å². The van der Waals surface area contributed by atoms with Gasteiger partial charge in [0.1, 0.15) is 0 Å². The third-order valence-corrected chi connectivity index (χ3v) is 4.38. The van der Waals surface area contributed by atoms with Gasteiger partial charge in [-0.05, 0) is 12.8 Å². The van der Waals surface area contributed by atoms with E-state index in [4.69, 9.17) is 27.4 Å². The molecule has 1 unspecified atom stereocenters. The van der Waals surface area contributed by atoms with Crippen molar-refractivity contribution in [3.8, 4) is 0 Å². The van der Waals surface area contributed by atoms with E-state index in [0.717, 1.165) is 32.1 Å². The summed E-state index contributed by atoms with van der Waals surface area (Å²) in [5.41, 5.74) is 5.18. The van der Waals surface area contributed by atoms with E-state index in [1.54, 1.807) is 0 Å². The monoisotopic (exact) mass is 286 g/mol. The molecular weight excluding hydrogens is 264 g/mol. The van der Waals surface area contributed by atoms with Crippen molar-refractivity contribution >= 4 is 23.1 Å². The summed E-state index contributed by atoms with van der Waals surface area (Å²) in [4.78, 5) is 12.8. The second kappa shape index (κ2) is 6.63. The van der Waals surface area contributed by atoms with Gasteiger partial charge < -0.3 is 20.5 Å². The maximum absolute atomic E-state index is 12.4. The minimum atomic E-state index is -0.650. The lowest BCUT2D eigenvalue weighted by Crippen LogP contribution is -2.52. The van der Waals surface area contributed by atoms with Gasteiger partial charge in [-0.25, -0.2) is 0 Å². The van der Waals surface area contributed by atoms with Crippen LogP contribution >= 0.6 is 12.2 Å². The fraction of sp³-hybridized carbons (Fsp3) is 0.846. The fourth-order valence-electron chi connectivity index (χ4n) is 2.77. The highest BCUT2D eigenvalue weighted by Gasteiger charge is 2.42. The Balaban J connectivity index is 1.90. The van der Waals surface area contributed by atoms with Gasteiger partial charge in [0.25, 0.3) is 0 Å². The molecule has 19 heavy (non-hydrogen) atoms. The number of ether oxygens (including phenoxy) is 2. The molecule has 1 aliphatic carbocycles. The van der Waals surface area contributed by atoms with Gasteiger partial charge >= 0.3 is 0 Å². The first-order valence-electron chi connectivity index (χ1n) is 6.93. The lowest BCUT2D eigenvalue weighted by Gasteiger charge is -2.35. The van der Waals surface area contributed by atoms with Crippen molar-refractivity contribution in [3.63, 3.8) is 0 Å². The van der Waals surface area contributed by atoms with E-state index in [9.17, 15) is 4.79 Å². The molecule has 1 saturated heterocycles. The third-order valence-electron chi connectivity index (χ3n) is 3.99. The van der Waals surface area contributed by atoms with E-state index >= 15 is 0 Å². The zero-order chi connectivity index (χ0) is 13.7. The van der Waals surface area contributed by atoms with Crippen molar-refractivity contribution in [3.05, 3.63) is 0 Å². The van der Waals surface area contributed by atoms with Crippen LogP contribution in [0.4, 0.5) is 0 Å². The summed E-state index contributed by atoms with van der Waals surface area (Å²) in [6.45, 7) is 2.20. The lowest BCUT2D eigenvalue weighted by atomic mass is 9.73. The van der Waals surface area contributed by atoms with Crippen molar-refractivity contribution in [2.45, 2.75) is 38.2 Å². The molecule has 0 aromatic heterocycles. The summed E-state index contributed by atoms with van der Waals surface area (Å²) in [5, 5.41) is 2.93. The second-order valence-corrected chi connectivity index (χ2v) is 5.72. The largest absolute Gasteiger partial charge is 0.392 e. The molecule has 108 valence electrons. The van der Waals surface area contributed by atoms with Crippen LogP contribution in [-0.2, 0) is 14.3 Å². The molecule has 0 aromatic carbocycles. The molecule has 1 heterocycles. The Morgan fingerprint density at radius 3 is 2.63 bits per heavy atom. The number of thiocarbonyl (C=S) groups is 1. The summed E-state index contributed by atoms with van der Waals surface area (Å²) in [7, 11) is 0. The molecule has 1 amide bonds. The predicted octanol–water partition coefficient (Wildman–Crippen LogP) is 0.755. The zero-order valence-corrected chi connectivity index (χ0v) is 12.0. The number of nitrogens with one attached hydrogen (secondary N) is 1. The van der Waals surface area contributed by atoms with Crippen LogP contribution in [0.1, 0.15) is 32.1 Å². The van der Waals surface area contributed by atoms with E-state index in [0.29, 0.717) is 31.4 Å². The normalized spacial score (nSPS) is 26.6. The lowest BCUT2D eigenvalue weighted by molar-refractivity contribution is -0.131. The van der Waals surface area contributed by atoms with Crippen molar-refractivity contribution < 1.29 is 14.3 Å². The Kier molecular flexibility index (Phi) is 5.13. The molecule has 0 bridgehead atoms. The Morgan fingerprint density at radius 2 is 2.05 bits per heavy atom. The van der Waals surface area contributed by atoms with Gasteiger partial charge in [-0.3, -0.25) is 4.79 Å². The van der Waals surface area contributed by atoms with E-state index < -0.39 is 5.41 Å². The molecule has 5 nitrogen and oxygen atoms in total. The van der Waals surface area contributed by atoms with Gasteiger partial charge in [0.05, 0.1) is 36.3 Å². The Morgan fingerprint density at radius 1 is 1.32 bits per heavy atom. The maximum Gasteiger partial charge on any atom is 0.233 e. The molecular formula is C13H22N2O3S. The fourth-order valence-corrected chi connectivity index (χ4v) is 3.07. The highest BCUT2D eigenvalue weighted by atomic mass is 32.1. The summed E-state index contributed by atoms with van der Waals surface area (Å²) in [6.07, 6.45) is 4.62. The molecule has 6 heteroatoms. The molecule has 0 spiro atoms. The Hall–Kier alpha value is -0.720. The number of carbonyl (C=O) groups excluding carboxylic acids is 1. The van der Waals surface area contributed by atoms with E-state index in [2.05, 4.69) is 5.32 Å². The highest BCUT2D eigenvalue weighted by molar-refractivity contribution is 7.80. The standard InChI is InChI=1S/C13H22N2O3S/c14-11(19)13(4-2-1-3-5-13)12(16)15-8-10-9-17-6-7-18-10/h10H,1-9H2,(H2,14,19)(H,15,16). The molecule has 2 aliphatic rings. The average molecular weight is 286 g/mol. The average Bonchev–Trinajstić information content (AvgIpc) is 2.46. The molecule has 1 saturated carbocycles. The van der Waals surface area contributed by atoms with Crippen LogP contribution < -0.4 is 11.1 Å². The van der Waals surface area contributed by atoms with Crippen LogP contribution in [0.3, 0.4) is 0 Å². The van der Waals surface area contributed by atoms with Crippen LogP contribution in [0.5, 0.6) is 0 Å². The van der Waals surface area contributed by atoms with Crippen LogP contribution in [-0.4, -0.2) is 43.4 Å². The van der Waals surface area contributed by atoms with E-state index in [1.165, 1.54) is 0 Å². The van der Waals surface area contributed by atoms with E-state index in [-0.39, 0.29) is 12.0 Å². The van der Waals surface area contributed by atoms with Crippen molar-refractivity contribution in [1.29, 1.82) is 0 Å². The number of hydrogen-bond donors (Lipinski definition) is 2. The first-order valence-corrected chi connectivity index (χ1v) is 7.33. The number of nitrogens with two attached hydrogens (primary N) is 1. The van der Waals surface area contributed by atoms with Crippen LogP contribution in [0.2, 0.25) is 0 Å². The number of hydrogen-bond acceptors (Lipinski definition) is 4. The summed E-state index contributed by atoms with van der Waals surface area (Å²) >= 11 is 5.14. The third kappa shape index (κ3) is 3.43. The molecule has 0 radical (unpaired) electrons. The topological polar surface area (TPSA) is 73.6 Å². The minimum absolute atomic E-state index is 0.0473. The number of carbonyl (C=O) groups is 1. The van der Waals surface area contributed by atoms with Gasteiger partial charge in [0.15, 0.2) is 0 Å². The number of amides is 1. The molecule has 2 fully saturated rings. The predicted molar refractivity (Wildman–Crippen MR) is 75.9 cm³/mol. The zero-order valence-electron chi connectivity index (χ0n) is 11.2. The summed E-state index contributed by atoms with van der Waals surface area (Å²) in [5.74, 6) is -0.0473. The SMILES string of the molecule is NC(=S)C1(C(=O)NCC2COCCO2)CCCCC1. The van der Waals surface area contributed by atoms with Crippen molar-refractivity contribution in [1.82, 2.24) is 5.32 Å². The van der Waals surface area contributed by atoms with E-state index in [1.807, 2.05) is 0 Å². The second-order valence-electron chi connectivity index (χ2n) is 5.28. The van der Waals surface area contributed by atoms with Gasteiger partial charge in [-0.1, -0.05) is 31.5 Å². The first kappa shape index (κ1) is 14.7. The van der Waals surface area contributed by atoms with Crippen molar-refractivity contribution in [2.24, 2.45) is 11.1 Å². The van der Waals surface area contributed by atoms with Gasteiger partial charge in [-0.15, -0.1) is 0 Å². The van der Waals surface area contributed by atoms with Crippen LogP contribution in [0.15, 0.2) is 0 Å². The Labute approximate surface area is 119 Å². The summed E-state index contributed by atoms with van der Waals surface area (Å²) in [6, 6.07) is 0. The molecule has 2 rings (SSSR count). The molecule has 0 aromatic rings. The van der Waals surface area contributed by atoms with Crippen LogP contribution in [0, 0.1) is 5.41 Å². The summed E-state index contributed by atoms with van der Waals surface area (Å²) < 4.78 is 10.8. The molecule has 1 atom stereocenters.